The van der Waals surface area contributed by atoms with Gasteiger partial charge in [-0.05, 0) is 32.4 Å². The molecule has 1 atom stereocenters. The smallest absolute Gasteiger partial charge is 0.383 e. The second-order valence-corrected chi connectivity index (χ2v) is 5.10. The monoisotopic (exact) mass is 282 g/mol. The van der Waals surface area contributed by atoms with E-state index < -0.39 is 12.6 Å². The lowest BCUT2D eigenvalue weighted by atomic mass is 10.0. The van der Waals surface area contributed by atoms with Crippen molar-refractivity contribution in [3.8, 4) is 0 Å². The van der Waals surface area contributed by atoms with Crippen LogP contribution in [0, 0.1) is 0 Å². The van der Waals surface area contributed by atoms with E-state index in [9.17, 15) is 13.2 Å². The van der Waals surface area contributed by atoms with Crippen LogP contribution in [0.3, 0.4) is 0 Å². The van der Waals surface area contributed by atoms with Crippen molar-refractivity contribution in [1.29, 1.82) is 0 Å². The average Bonchev–Trinajstić information content (AvgIpc) is 2.35. The highest BCUT2D eigenvalue weighted by Gasteiger charge is 2.28. The first kappa shape index (κ1) is 16.7. The lowest BCUT2D eigenvalue weighted by Gasteiger charge is -2.36. The normalized spacial score (nSPS) is 21.8. The van der Waals surface area contributed by atoms with Crippen molar-refractivity contribution in [3.63, 3.8) is 0 Å². The van der Waals surface area contributed by atoms with E-state index in [-0.39, 0.29) is 6.42 Å². The lowest BCUT2D eigenvalue weighted by molar-refractivity contribution is -0.136. The van der Waals surface area contributed by atoms with Crippen LogP contribution in [0.1, 0.15) is 32.1 Å². The number of hydrogen-bond acceptors (Lipinski definition) is 3. The number of ether oxygens (including phenoxy) is 1. The summed E-state index contributed by atoms with van der Waals surface area (Å²) in [4.78, 5) is 2.20. The number of likely N-dealkylation sites (tertiary alicyclic amines) is 1. The molecule has 1 aliphatic rings. The van der Waals surface area contributed by atoms with Crippen LogP contribution >= 0.6 is 0 Å². The van der Waals surface area contributed by atoms with Crippen LogP contribution < -0.4 is 5.32 Å². The molecular weight excluding hydrogens is 257 g/mol. The molecule has 0 saturated carbocycles. The number of halogens is 3. The summed E-state index contributed by atoms with van der Waals surface area (Å²) in [5, 5.41) is 3.30. The molecule has 1 heterocycles. The quantitative estimate of drug-likeness (QED) is 0.692. The largest absolute Gasteiger partial charge is 0.389 e. The van der Waals surface area contributed by atoms with E-state index >= 15 is 0 Å². The molecule has 0 amide bonds. The Morgan fingerprint density at radius 2 is 2.11 bits per heavy atom. The number of piperidine rings is 1. The summed E-state index contributed by atoms with van der Waals surface area (Å²) in [6, 6.07) is 0.374. The Bertz CT molecular complexity index is 236. The summed E-state index contributed by atoms with van der Waals surface area (Å²) in [5.74, 6) is 0. The molecule has 1 saturated heterocycles. The van der Waals surface area contributed by atoms with Gasteiger partial charge < -0.3 is 10.1 Å². The molecule has 1 rings (SSSR count). The number of nitrogens with zero attached hydrogens (tertiary/aromatic N) is 1. The molecule has 114 valence electrons. The van der Waals surface area contributed by atoms with Gasteiger partial charge in [0.2, 0.25) is 0 Å². The molecular formula is C13H25F3N2O. The van der Waals surface area contributed by atoms with Crippen LogP contribution in [-0.4, -0.2) is 57.0 Å². The Morgan fingerprint density at radius 1 is 1.32 bits per heavy atom. The standard InChI is InChI=1S/C13H25F3N2O/c1-19-10-7-17-11-12-5-2-3-8-18(12)9-4-6-13(14,15)16/h12,17H,2-11H2,1H3. The van der Waals surface area contributed by atoms with Gasteiger partial charge in [-0.1, -0.05) is 6.42 Å². The predicted octanol–water partition coefficient (Wildman–Crippen LogP) is 2.42. The highest BCUT2D eigenvalue weighted by molar-refractivity contribution is 4.79. The molecule has 0 radical (unpaired) electrons. The van der Waals surface area contributed by atoms with Crippen LogP contribution in [0.5, 0.6) is 0 Å². The van der Waals surface area contributed by atoms with Gasteiger partial charge in [-0.3, -0.25) is 4.90 Å². The summed E-state index contributed by atoms with van der Waals surface area (Å²) in [5.41, 5.74) is 0. The molecule has 1 fully saturated rings. The summed E-state index contributed by atoms with van der Waals surface area (Å²) in [6.45, 7) is 3.78. The summed E-state index contributed by atoms with van der Waals surface area (Å²) in [7, 11) is 1.66. The van der Waals surface area contributed by atoms with E-state index in [1.165, 1.54) is 6.42 Å². The van der Waals surface area contributed by atoms with E-state index in [4.69, 9.17) is 4.74 Å². The van der Waals surface area contributed by atoms with Crippen molar-refractivity contribution in [2.45, 2.75) is 44.3 Å². The van der Waals surface area contributed by atoms with Crippen LogP contribution in [0.25, 0.3) is 0 Å². The minimum atomic E-state index is -4.03. The second-order valence-electron chi connectivity index (χ2n) is 5.10. The Morgan fingerprint density at radius 3 is 2.79 bits per heavy atom. The van der Waals surface area contributed by atoms with Crippen molar-refractivity contribution >= 4 is 0 Å². The third kappa shape index (κ3) is 7.74. The van der Waals surface area contributed by atoms with Gasteiger partial charge in [-0.2, -0.15) is 13.2 Å². The number of rotatable bonds is 8. The van der Waals surface area contributed by atoms with E-state index in [1.54, 1.807) is 7.11 Å². The second kappa shape index (κ2) is 8.76. The first-order valence-electron chi connectivity index (χ1n) is 7.03. The van der Waals surface area contributed by atoms with Gasteiger partial charge in [0.05, 0.1) is 6.61 Å². The van der Waals surface area contributed by atoms with Crippen molar-refractivity contribution in [2.75, 3.05) is 39.9 Å². The fourth-order valence-electron chi connectivity index (χ4n) is 2.51. The number of nitrogens with one attached hydrogen (secondary N) is 1. The maximum absolute atomic E-state index is 12.1. The average molecular weight is 282 g/mol. The van der Waals surface area contributed by atoms with Gasteiger partial charge in [0, 0.05) is 32.7 Å². The summed E-state index contributed by atoms with van der Waals surface area (Å²) in [6.07, 6.45) is -1.15. The van der Waals surface area contributed by atoms with Crippen molar-refractivity contribution < 1.29 is 17.9 Å². The van der Waals surface area contributed by atoms with Crippen LogP contribution in [-0.2, 0) is 4.74 Å². The SMILES string of the molecule is COCCNCC1CCCCN1CCCC(F)(F)F. The van der Waals surface area contributed by atoms with Crippen LogP contribution in [0.15, 0.2) is 0 Å². The summed E-state index contributed by atoms with van der Waals surface area (Å²) < 4.78 is 41.4. The highest BCUT2D eigenvalue weighted by atomic mass is 19.4. The van der Waals surface area contributed by atoms with Crippen LogP contribution in [0.2, 0.25) is 0 Å². The first-order valence-corrected chi connectivity index (χ1v) is 7.03. The molecule has 0 bridgehead atoms. The fourth-order valence-corrected chi connectivity index (χ4v) is 2.51. The number of methoxy groups -OCH3 is 1. The minimum absolute atomic E-state index is 0.206. The van der Waals surface area contributed by atoms with Gasteiger partial charge in [-0.25, -0.2) is 0 Å². The molecule has 3 nitrogen and oxygen atoms in total. The fraction of sp³-hybridized carbons (Fsp3) is 1.00. The molecule has 1 N–H and O–H groups in total. The molecule has 1 aliphatic heterocycles. The van der Waals surface area contributed by atoms with Gasteiger partial charge in [0.1, 0.15) is 0 Å². The Hall–Kier alpha value is -0.330. The Kier molecular flexibility index (Phi) is 7.71. The van der Waals surface area contributed by atoms with Gasteiger partial charge in [0.25, 0.3) is 0 Å². The molecule has 0 aromatic rings. The van der Waals surface area contributed by atoms with E-state index in [0.717, 1.165) is 32.5 Å². The van der Waals surface area contributed by atoms with Gasteiger partial charge >= 0.3 is 6.18 Å². The topological polar surface area (TPSA) is 24.5 Å². The molecule has 0 spiro atoms. The number of hydrogen-bond donors (Lipinski definition) is 1. The third-order valence-corrected chi connectivity index (χ3v) is 3.52. The molecule has 6 heteroatoms. The Labute approximate surface area is 113 Å². The van der Waals surface area contributed by atoms with Gasteiger partial charge in [-0.15, -0.1) is 0 Å². The van der Waals surface area contributed by atoms with Crippen molar-refractivity contribution in [1.82, 2.24) is 10.2 Å². The van der Waals surface area contributed by atoms with E-state index in [1.807, 2.05) is 0 Å². The molecule has 19 heavy (non-hydrogen) atoms. The minimum Gasteiger partial charge on any atom is -0.383 e. The van der Waals surface area contributed by atoms with Gasteiger partial charge in [0.15, 0.2) is 0 Å². The molecule has 0 aromatic heterocycles. The lowest BCUT2D eigenvalue weighted by Crippen LogP contribution is -2.46. The maximum atomic E-state index is 12.1. The van der Waals surface area contributed by atoms with E-state index in [0.29, 0.717) is 19.2 Å². The zero-order chi connectivity index (χ0) is 14.1. The molecule has 0 aromatic carbocycles. The maximum Gasteiger partial charge on any atom is 0.389 e. The predicted molar refractivity (Wildman–Crippen MR) is 69.2 cm³/mol. The zero-order valence-corrected chi connectivity index (χ0v) is 11.6. The zero-order valence-electron chi connectivity index (χ0n) is 11.6. The van der Waals surface area contributed by atoms with Crippen LogP contribution in [0.4, 0.5) is 13.2 Å². The molecule has 0 aliphatic carbocycles. The Balaban J connectivity index is 2.23. The van der Waals surface area contributed by atoms with Crippen molar-refractivity contribution in [3.05, 3.63) is 0 Å². The number of alkyl halides is 3. The highest BCUT2D eigenvalue weighted by Crippen LogP contribution is 2.23. The summed E-state index contributed by atoms with van der Waals surface area (Å²) >= 11 is 0. The molecule has 1 unspecified atom stereocenters. The van der Waals surface area contributed by atoms with Crippen molar-refractivity contribution in [2.24, 2.45) is 0 Å². The van der Waals surface area contributed by atoms with E-state index in [2.05, 4.69) is 10.2 Å². The first-order chi connectivity index (χ1) is 9.03. The third-order valence-electron chi connectivity index (χ3n) is 3.52.